The van der Waals surface area contributed by atoms with Crippen LogP contribution in [0, 0.1) is 0 Å². The molecule has 0 aliphatic carbocycles. The summed E-state index contributed by atoms with van der Waals surface area (Å²) in [4.78, 5) is 4.46. The molecule has 0 fully saturated rings. The predicted molar refractivity (Wildman–Crippen MR) is 112 cm³/mol. The van der Waals surface area contributed by atoms with E-state index in [0.717, 1.165) is 12.1 Å². The third-order valence-corrected chi connectivity index (χ3v) is 5.35. The van der Waals surface area contributed by atoms with Gasteiger partial charge in [0.1, 0.15) is 5.52 Å². The third-order valence-electron chi connectivity index (χ3n) is 5.35. The van der Waals surface area contributed by atoms with Crippen molar-refractivity contribution in [2.45, 2.75) is 12.4 Å². The lowest BCUT2D eigenvalue weighted by atomic mass is 9.92. The summed E-state index contributed by atoms with van der Waals surface area (Å²) in [5, 5.41) is 1.07. The molecule has 0 aliphatic heterocycles. The maximum absolute atomic E-state index is 13.4. The number of fused-ring (bicyclic) bond motifs is 2. The highest BCUT2D eigenvalue weighted by Gasteiger charge is 2.37. The van der Waals surface area contributed by atoms with Gasteiger partial charge in [-0.25, -0.2) is 4.98 Å². The van der Waals surface area contributed by atoms with Gasteiger partial charge < -0.3 is 4.42 Å². The maximum Gasteiger partial charge on any atom is 0.416 e. The molecule has 0 bridgehead atoms. The zero-order valence-electron chi connectivity index (χ0n) is 16.6. The molecule has 0 amide bonds. The van der Waals surface area contributed by atoms with Crippen LogP contribution in [0.15, 0.2) is 83.3 Å². The minimum Gasteiger partial charge on any atom is -0.436 e. The molecule has 0 N–H and O–H groups in total. The summed E-state index contributed by atoms with van der Waals surface area (Å²) in [5.74, 6) is 0.305. The molecule has 0 radical (unpaired) electrons. The van der Waals surface area contributed by atoms with Crippen LogP contribution >= 0.6 is 0 Å². The number of rotatable bonds is 2. The molecule has 33 heavy (non-hydrogen) atoms. The molecule has 5 aromatic rings. The van der Waals surface area contributed by atoms with Crippen molar-refractivity contribution in [2.75, 3.05) is 0 Å². The van der Waals surface area contributed by atoms with Gasteiger partial charge in [0, 0.05) is 5.56 Å². The molecule has 0 unspecified atom stereocenters. The van der Waals surface area contributed by atoms with Gasteiger partial charge in [0.05, 0.1) is 11.1 Å². The molecular formula is C25H13F6NO. The van der Waals surface area contributed by atoms with Gasteiger partial charge in [-0.15, -0.1) is 0 Å². The molecule has 0 atom stereocenters. The van der Waals surface area contributed by atoms with Crippen molar-refractivity contribution >= 4 is 21.9 Å². The summed E-state index contributed by atoms with van der Waals surface area (Å²) in [6.45, 7) is 0. The highest BCUT2D eigenvalue weighted by molar-refractivity contribution is 6.04. The van der Waals surface area contributed by atoms with E-state index in [9.17, 15) is 26.3 Å². The number of oxazole rings is 1. The molecule has 5 rings (SSSR count). The van der Waals surface area contributed by atoms with Crippen LogP contribution in [0.3, 0.4) is 0 Å². The molecule has 1 heterocycles. The van der Waals surface area contributed by atoms with Gasteiger partial charge in [-0.05, 0) is 58.3 Å². The van der Waals surface area contributed by atoms with Crippen LogP contribution in [-0.2, 0) is 12.4 Å². The minimum absolute atomic E-state index is 0.123. The number of nitrogens with zero attached hydrogens (tertiary/aromatic N) is 1. The summed E-state index contributed by atoms with van der Waals surface area (Å²) < 4.78 is 86.0. The van der Waals surface area contributed by atoms with Crippen LogP contribution in [-0.4, -0.2) is 4.98 Å². The number of alkyl halides is 6. The lowest BCUT2D eigenvalue weighted by molar-refractivity contribution is -0.143. The second-order valence-corrected chi connectivity index (χ2v) is 7.49. The Morgan fingerprint density at radius 3 is 1.76 bits per heavy atom. The van der Waals surface area contributed by atoms with E-state index in [-0.39, 0.29) is 17.2 Å². The Balaban J connectivity index is 1.75. The van der Waals surface area contributed by atoms with Crippen molar-refractivity contribution < 1.29 is 30.8 Å². The standard InChI is InChI=1S/C25H13F6NO/c26-24(27,28)15-11-14(12-16(13-15)25(29,30)31)17-9-10-20(19-6-2-1-5-18(17)19)23-32-21-7-3-4-8-22(21)33-23/h1-13H. The molecular weight excluding hydrogens is 444 g/mol. The SMILES string of the molecule is FC(F)(F)c1cc(-c2ccc(-c3nc4ccccc4o3)c3ccccc23)cc(C(F)(F)F)c1. The molecule has 4 aromatic carbocycles. The molecule has 0 saturated heterocycles. The second-order valence-electron chi connectivity index (χ2n) is 7.49. The molecule has 8 heteroatoms. The van der Waals surface area contributed by atoms with Crippen molar-refractivity contribution in [1.82, 2.24) is 4.98 Å². The fourth-order valence-electron chi connectivity index (χ4n) is 3.84. The monoisotopic (exact) mass is 457 g/mol. The Morgan fingerprint density at radius 2 is 1.15 bits per heavy atom. The number of para-hydroxylation sites is 2. The molecule has 2 nitrogen and oxygen atoms in total. The predicted octanol–water partition coefficient (Wildman–Crippen LogP) is 8.35. The van der Waals surface area contributed by atoms with Crippen LogP contribution in [0.5, 0.6) is 0 Å². The summed E-state index contributed by atoms with van der Waals surface area (Å²) in [6.07, 6.45) is -9.85. The first-order chi connectivity index (χ1) is 15.6. The lowest BCUT2D eigenvalue weighted by Crippen LogP contribution is -2.11. The zero-order chi connectivity index (χ0) is 23.4. The van der Waals surface area contributed by atoms with E-state index in [0.29, 0.717) is 33.3 Å². The van der Waals surface area contributed by atoms with Crippen LogP contribution in [0.25, 0.3) is 44.5 Å². The number of aromatic nitrogens is 1. The van der Waals surface area contributed by atoms with Crippen molar-refractivity contribution in [3.05, 3.63) is 90.0 Å². The molecule has 0 spiro atoms. The van der Waals surface area contributed by atoms with E-state index in [1.165, 1.54) is 6.07 Å². The van der Waals surface area contributed by atoms with Gasteiger partial charge in [0.2, 0.25) is 5.89 Å². The average Bonchev–Trinajstić information content (AvgIpc) is 3.21. The van der Waals surface area contributed by atoms with Crippen LogP contribution in [0.4, 0.5) is 26.3 Å². The quantitative estimate of drug-likeness (QED) is 0.249. The molecule has 1 aromatic heterocycles. The Kier molecular flexibility index (Phi) is 4.70. The van der Waals surface area contributed by atoms with E-state index in [1.807, 2.05) is 6.07 Å². The van der Waals surface area contributed by atoms with Gasteiger partial charge in [0.15, 0.2) is 5.58 Å². The first kappa shape index (κ1) is 21.1. The molecule has 166 valence electrons. The van der Waals surface area contributed by atoms with Gasteiger partial charge >= 0.3 is 12.4 Å². The van der Waals surface area contributed by atoms with E-state index in [2.05, 4.69) is 4.98 Å². The van der Waals surface area contributed by atoms with Crippen LogP contribution in [0.1, 0.15) is 11.1 Å². The zero-order valence-corrected chi connectivity index (χ0v) is 16.6. The van der Waals surface area contributed by atoms with Gasteiger partial charge in [0.25, 0.3) is 0 Å². The lowest BCUT2D eigenvalue weighted by Gasteiger charge is -2.16. The number of halogens is 6. The molecule has 0 aliphatic rings. The minimum atomic E-state index is -4.93. The topological polar surface area (TPSA) is 26.0 Å². The van der Waals surface area contributed by atoms with E-state index in [1.54, 1.807) is 48.5 Å². The average molecular weight is 457 g/mol. The summed E-state index contributed by atoms with van der Waals surface area (Å²) in [6, 6.07) is 18.6. The van der Waals surface area contributed by atoms with Crippen molar-refractivity contribution in [2.24, 2.45) is 0 Å². The van der Waals surface area contributed by atoms with Crippen LogP contribution < -0.4 is 0 Å². The Bertz CT molecular complexity index is 1430. The summed E-state index contributed by atoms with van der Waals surface area (Å²) in [5.41, 5.74) is -0.895. The van der Waals surface area contributed by atoms with Crippen molar-refractivity contribution in [3.63, 3.8) is 0 Å². The van der Waals surface area contributed by atoms with E-state index in [4.69, 9.17) is 4.42 Å². The fourth-order valence-corrected chi connectivity index (χ4v) is 3.84. The smallest absolute Gasteiger partial charge is 0.416 e. The second kappa shape index (κ2) is 7.37. The van der Waals surface area contributed by atoms with Gasteiger partial charge in [-0.1, -0.05) is 42.5 Å². The van der Waals surface area contributed by atoms with Crippen LogP contribution in [0.2, 0.25) is 0 Å². The van der Waals surface area contributed by atoms with Crippen molar-refractivity contribution in [3.8, 4) is 22.6 Å². The molecule has 0 saturated carbocycles. The first-order valence-corrected chi connectivity index (χ1v) is 9.79. The Morgan fingerprint density at radius 1 is 0.606 bits per heavy atom. The highest BCUT2D eigenvalue weighted by Crippen LogP contribution is 2.41. The fraction of sp³-hybridized carbons (Fsp3) is 0.0800. The Hall–Kier alpha value is -3.81. The van der Waals surface area contributed by atoms with Gasteiger partial charge in [-0.2, -0.15) is 26.3 Å². The van der Waals surface area contributed by atoms with Crippen molar-refractivity contribution in [1.29, 1.82) is 0 Å². The van der Waals surface area contributed by atoms with Gasteiger partial charge in [-0.3, -0.25) is 0 Å². The first-order valence-electron chi connectivity index (χ1n) is 9.79. The normalized spacial score (nSPS) is 12.5. The number of hydrogen-bond acceptors (Lipinski definition) is 2. The Labute approximate surface area is 183 Å². The largest absolute Gasteiger partial charge is 0.436 e. The number of benzene rings is 4. The summed E-state index contributed by atoms with van der Waals surface area (Å²) in [7, 11) is 0. The van der Waals surface area contributed by atoms with E-state index >= 15 is 0 Å². The third kappa shape index (κ3) is 3.82. The highest BCUT2D eigenvalue weighted by atomic mass is 19.4. The summed E-state index contributed by atoms with van der Waals surface area (Å²) >= 11 is 0. The van der Waals surface area contributed by atoms with E-state index < -0.39 is 23.5 Å². The maximum atomic E-state index is 13.4. The number of hydrogen-bond donors (Lipinski definition) is 0.